The molecule has 1 saturated heterocycles. The summed E-state index contributed by atoms with van der Waals surface area (Å²) >= 11 is 3.67. The summed E-state index contributed by atoms with van der Waals surface area (Å²) in [4.78, 5) is 12.3. The van der Waals surface area contributed by atoms with E-state index in [1.807, 2.05) is 35.7 Å². The van der Waals surface area contributed by atoms with Gasteiger partial charge in [-0.25, -0.2) is 4.79 Å². The summed E-state index contributed by atoms with van der Waals surface area (Å²) < 4.78 is 16.1. The molecule has 0 saturated carbocycles. The molecule has 1 heterocycles. The predicted molar refractivity (Wildman–Crippen MR) is 83.2 cm³/mol. The molecule has 2 rings (SSSR count). The van der Waals surface area contributed by atoms with Crippen molar-refractivity contribution in [2.45, 2.75) is 11.5 Å². The third kappa shape index (κ3) is 3.01. The first-order chi connectivity index (χ1) is 9.72. The lowest BCUT2D eigenvalue weighted by atomic mass is 10.1. The van der Waals surface area contributed by atoms with Gasteiger partial charge in [0.2, 0.25) is 0 Å². The number of ether oxygens (including phenoxy) is 3. The number of carbonyl (C=O) groups excluding carboxylic acids is 1. The fraction of sp³-hybridized carbons (Fsp3) is 0.500. The molecule has 4 nitrogen and oxygen atoms in total. The molecule has 0 amide bonds. The summed E-state index contributed by atoms with van der Waals surface area (Å²) in [6, 6.07) is 3.78. The van der Waals surface area contributed by atoms with Crippen LogP contribution in [0.15, 0.2) is 12.1 Å². The van der Waals surface area contributed by atoms with Gasteiger partial charge in [-0.15, -0.1) is 23.5 Å². The number of rotatable bonds is 5. The topological polar surface area (TPSA) is 44.8 Å². The minimum atomic E-state index is -0.355. The molecule has 110 valence electrons. The lowest BCUT2D eigenvalue weighted by molar-refractivity contribution is 0.0521. The van der Waals surface area contributed by atoms with Crippen molar-refractivity contribution in [1.82, 2.24) is 0 Å². The normalized spacial score (nSPS) is 15.2. The van der Waals surface area contributed by atoms with Crippen molar-refractivity contribution in [3.8, 4) is 11.5 Å². The van der Waals surface area contributed by atoms with Gasteiger partial charge in [-0.2, -0.15) is 0 Å². The molecule has 0 aromatic heterocycles. The van der Waals surface area contributed by atoms with Crippen LogP contribution in [0, 0.1) is 0 Å². The van der Waals surface area contributed by atoms with Crippen molar-refractivity contribution in [3.05, 3.63) is 23.3 Å². The fourth-order valence-corrected chi connectivity index (χ4v) is 5.00. The minimum absolute atomic E-state index is 0.245. The zero-order chi connectivity index (χ0) is 14.5. The van der Waals surface area contributed by atoms with Gasteiger partial charge in [0.1, 0.15) is 5.56 Å². The van der Waals surface area contributed by atoms with E-state index in [-0.39, 0.29) is 10.6 Å². The van der Waals surface area contributed by atoms with Crippen molar-refractivity contribution in [3.63, 3.8) is 0 Å². The summed E-state index contributed by atoms with van der Waals surface area (Å²) in [5.74, 6) is 2.83. The summed E-state index contributed by atoms with van der Waals surface area (Å²) in [7, 11) is 3.10. The number of thioether (sulfide) groups is 2. The smallest absolute Gasteiger partial charge is 0.342 e. The maximum atomic E-state index is 12.3. The number of esters is 1. The Morgan fingerprint density at radius 3 is 2.50 bits per heavy atom. The number of methoxy groups -OCH3 is 2. The van der Waals surface area contributed by atoms with Crippen LogP contribution in [0.5, 0.6) is 11.5 Å². The molecule has 0 unspecified atom stereocenters. The fourth-order valence-electron chi connectivity index (χ4n) is 2.09. The molecule has 0 radical (unpaired) electrons. The Labute approximate surface area is 127 Å². The first-order valence-corrected chi connectivity index (χ1v) is 8.47. The molecule has 1 aromatic carbocycles. The second-order valence-corrected chi connectivity index (χ2v) is 6.78. The van der Waals surface area contributed by atoms with Gasteiger partial charge in [0.15, 0.2) is 11.5 Å². The Bertz CT molecular complexity index is 484. The molecule has 1 aromatic rings. The largest absolute Gasteiger partial charge is 0.493 e. The highest BCUT2D eigenvalue weighted by Gasteiger charge is 2.29. The Morgan fingerprint density at radius 1 is 1.25 bits per heavy atom. The van der Waals surface area contributed by atoms with Crippen LogP contribution in [-0.4, -0.2) is 38.3 Å². The number of benzene rings is 1. The van der Waals surface area contributed by atoms with E-state index in [2.05, 4.69) is 0 Å². The van der Waals surface area contributed by atoms with E-state index in [4.69, 9.17) is 14.2 Å². The second-order valence-electron chi connectivity index (χ2n) is 4.06. The summed E-state index contributed by atoms with van der Waals surface area (Å²) in [5.41, 5.74) is 1.44. The molecule has 1 fully saturated rings. The van der Waals surface area contributed by atoms with Gasteiger partial charge in [0.25, 0.3) is 0 Å². The first-order valence-electron chi connectivity index (χ1n) is 6.38. The Morgan fingerprint density at radius 2 is 1.95 bits per heavy atom. The molecule has 6 heteroatoms. The van der Waals surface area contributed by atoms with Crippen molar-refractivity contribution in [2.75, 3.05) is 32.3 Å². The van der Waals surface area contributed by atoms with Crippen LogP contribution in [0.4, 0.5) is 0 Å². The molecule has 0 atom stereocenters. The summed E-state index contributed by atoms with van der Waals surface area (Å²) in [6.45, 7) is 2.13. The summed E-state index contributed by atoms with van der Waals surface area (Å²) in [6.07, 6.45) is 0. The highest BCUT2D eigenvalue weighted by Crippen LogP contribution is 2.49. The van der Waals surface area contributed by atoms with E-state index >= 15 is 0 Å². The lowest BCUT2D eigenvalue weighted by Gasteiger charge is -2.18. The Balaban J connectivity index is 2.51. The highest BCUT2D eigenvalue weighted by molar-refractivity contribution is 8.19. The molecule has 0 N–H and O–H groups in total. The van der Waals surface area contributed by atoms with E-state index in [0.717, 1.165) is 17.1 Å². The van der Waals surface area contributed by atoms with Crippen molar-refractivity contribution < 1.29 is 19.0 Å². The molecule has 0 bridgehead atoms. The van der Waals surface area contributed by atoms with Crippen LogP contribution >= 0.6 is 23.5 Å². The van der Waals surface area contributed by atoms with Gasteiger partial charge in [-0.3, -0.25) is 0 Å². The van der Waals surface area contributed by atoms with E-state index < -0.39 is 0 Å². The van der Waals surface area contributed by atoms with Crippen LogP contribution in [-0.2, 0) is 4.74 Å². The van der Waals surface area contributed by atoms with Crippen LogP contribution in [0.1, 0.15) is 27.4 Å². The van der Waals surface area contributed by atoms with E-state index in [0.29, 0.717) is 23.7 Å². The summed E-state index contributed by atoms with van der Waals surface area (Å²) in [5, 5.41) is 0. The SMILES string of the molecule is CCOC(=O)c1c(C2SCCS2)ccc(OC)c1OC. The van der Waals surface area contributed by atoms with Gasteiger partial charge >= 0.3 is 5.97 Å². The van der Waals surface area contributed by atoms with E-state index in [9.17, 15) is 4.79 Å². The zero-order valence-electron chi connectivity index (χ0n) is 11.8. The van der Waals surface area contributed by atoms with Gasteiger partial charge in [-0.05, 0) is 18.6 Å². The zero-order valence-corrected chi connectivity index (χ0v) is 13.4. The lowest BCUT2D eigenvalue weighted by Crippen LogP contribution is -2.11. The highest BCUT2D eigenvalue weighted by atomic mass is 32.2. The molecule has 0 spiro atoms. The number of carbonyl (C=O) groups is 1. The third-order valence-electron chi connectivity index (χ3n) is 2.93. The van der Waals surface area contributed by atoms with Gasteiger partial charge in [-0.1, -0.05) is 6.07 Å². The predicted octanol–water partition coefficient (Wildman–Crippen LogP) is 3.36. The molecule has 1 aliphatic heterocycles. The van der Waals surface area contributed by atoms with E-state index in [1.165, 1.54) is 0 Å². The minimum Gasteiger partial charge on any atom is -0.493 e. The maximum absolute atomic E-state index is 12.3. The monoisotopic (exact) mass is 314 g/mol. The Hall–Kier alpha value is -1.01. The Kier molecular flexibility index (Phi) is 5.48. The number of hydrogen-bond donors (Lipinski definition) is 0. The number of hydrogen-bond acceptors (Lipinski definition) is 6. The van der Waals surface area contributed by atoms with Crippen LogP contribution in [0.2, 0.25) is 0 Å². The first kappa shape index (κ1) is 15.4. The molecular weight excluding hydrogens is 296 g/mol. The van der Waals surface area contributed by atoms with Gasteiger partial charge < -0.3 is 14.2 Å². The van der Waals surface area contributed by atoms with Crippen LogP contribution in [0.3, 0.4) is 0 Å². The van der Waals surface area contributed by atoms with Crippen molar-refractivity contribution in [1.29, 1.82) is 0 Å². The quantitative estimate of drug-likeness (QED) is 0.777. The molecule has 1 aliphatic rings. The standard InChI is InChI=1S/C14H18O4S2/c1-4-18-13(15)11-9(14-19-7-8-20-14)5-6-10(16-2)12(11)17-3/h5-6,14H,4,7-8H2,1-3H3. The second kappa shape index (κ2) is 7.13. The average molecular weight is 314 g/mol. The van der Waals surface area contributed by atoms with Crippen LogP contribution < -0.4 is 9.47 Å². The third-order valence-corrected chi connectivity index (χ3v) is 6.00. The van der Waals surface area contributed by atoms with Crippen molar-refractivity contribution >= 4 is 29.5 Å². The average Bonchev–Trinajstić information content (AvgIpc) is 2.99. The van der Waals surface area contributed by atoms with Gasteiger partial charge in [0.05, 0.1) is 25.4 Å². The molecule has 20 heavy (non-hydrogen) atoms. The molecular formula is C14H18O4S2. The van der Waals surface area contributed by atoms with Gasteiger partial charge in [0, 0.05) is 11.5 Å². The van der Waals surface area contributed by atoms with E-state index in [1.54, 1.807) is 21.1 Å². The van der Waals surface area contributed by atoms with Crippen molar-refractivity contribution in [2.24, 2.45) is 0 Å². The van der Waals surface area contributed by atoms with Crippen LogP contribution in [0.25, 0.3) is 0 Å². The molecule has 0 aliphatic carbocycles. The maximum Gasteiger partial charge on any atom is 0.342 e.